The van der Waals surface area contributed by atoms with Crippen molar-refractivity contribution in [3.63, 3.8) is 0 Å². The van der Waals surface area contributed by atoms with Gasteiger partial charge in [-0.3, -0.25) is 14.6 Å². The van der Waals surface area contributed by atoms with Crippen LogP contribution in [0.15, 0.2) is 24.5 Å². The van der Waals surface area contributed by atoms with Gasteiger partial charge in [0.15, 0.2) is 9.84 Å². The molecule has 2 saturated heterocycles. The van der Waals surface area contributed by atoms with Gasteiger partial charge in [-0.25, -0.2) is 8.42 Å². The normalized spacial score (nSPS) is 34.2. The molecule has 4 aliphatic rings. The number of aromatic nitrogens is 3. The molecule has 0 aromatic carbocycles. The monoisotopic (exact) mass is 508 g/mol. The Balaban J connectivity index is 1.17. The summed E-state index contributed by atoms with van der Waals surface area (Å²) in [5.41, 5.74) is 1.24. The molecule has 2 aliphatic heterocycles. The number of hydrogen-bond acceptors (Lipinski definition) is 5. The van der Waals surface area contributed by atoms with Gasteiger partial charge in [-0.2, -0.15) is 18.3 Å². The summed E-state index contributed by atoms with van der Waals surface area (Å²) in [7, 11) is -2.88. The van der Waals surface area contributed by atoms with Crippen LogP contribution in [-0.2, 0) is 16.0 Å². The van der Waals surface area contributed by atoms with Crippen molar-refractivity contribution in [1.82, 2.24) is 19.7 Å². The summed E-state index contributed by atoms with van der Waals surface area (Å²) in [5, 5.41) is 4.69. The summed E-state index contributed by atoms with van der Waals surface area (Å²) in [6.45, 7) is 5.98. The molecule has 35 heavy (non-hydrogen) atoms. The Morgan fingerprint density at radius 1 is 1.11 bits per heavy atom. The molecule has 0 radical (unpaired) electrons. The fourth-order valence-corrected chi connectivity index (χ4v) is 9.28. The summed E-state index contributed by atoms with van der Waals surface area (Å²) in [4.78, 5) is 6.34. The molecule has 5 atom stereocenters. The van der Waals surface area contributed by atoms with Crippen molar-refractivity contribution in [2.75, 3.05) is 24.6 Å². The first-order chi connectivity index (χ1) is 16.4. The van der Waals surface area contributed by atoms with Gasteiger partial charge >= 0.3 is 6.18 Å². The number of alkyl halides is 3. The molecule has 2 saturated carbocycles. The molecule has 6 nitrogen and oxygen atoms in total. The number of halogens is 3. The largest absolute Gasteiger partial charge is 0.417 e. The maximum Gasteiger partial charge on any atom is 0.417 e. The van der Waals surface area contributed by atoms with E-state index in [4.69, 9.17) is 5.10 Å². The van der Waals surface area contributed by atoms with E-state index >= 15 is 0 Å². The lowest BCUT2D eigenvalue weighted by Gasteiger charge is -2.28. The maximum atomic E-state index is 13.2. The number of rotatable bonds is 4. The van der Waals surface area contributed by atoms with Crippen LogP contribution in [0.5, 0.6) is 0 Å². The van der Waals surface area contributed by atoms with Crippen LogP contribution in [0.4, 0.5) is 13.2 Å². The van der Waals surface area contributed by atoms with Crippen LogP contribution in [0.2, 0.25) is 0 Å². The van der Waals surface area contributed by atoms with Gasteiger partial charge in [0.05, 0.1) is 22.8 Å². The zero-order valence-corrected chi connectivity index (χ0v) is 20.8. The van der Waals surface area contributed by atoms with E-state index in [1.165, 1.54) is 6.20 Å². The third-order valence-corrected chi connectivity index (χ3v) is 10.7. The van der Waals surface area contributed by atoms with E-state index < -0.39 is 21.6 Å². The van der Waals surface area contributed by atoms with Gasteiger partial charge in [-0.15, -0.1) is 0 Å². The molecule has 0 N–H and O–H groups in total. The maximum absolute atomic E-state index is 13.2. The molecule has 6 rings (SSSR count). The first-order valence-corrected chi connectivity index (χ1v) is 14.3. The predicted octanol–water partition coefficient (Wildman–Crippen LogP) is 4.55. The predicted molar refractivity (Wildman–Crippen MR) is 125 cm³/mol. The van der Waals surface area contributed by atoms with Crippen molar-refractivity contribution in [3.8, 4) is 11.3 Å². The van der Waals surface area contributed by atoms with E-state index in [0.29, 0.717) is 46.6 Å². The second-order valence-corrected chi connectivity index (χ2v) is 13.7. The summed E-state index contributed by atoms with van der Waals surface area (Å²) < 4.78 is 65.6. The lowest BCUT2D eigenvalue weighted by molar-refractivity contribution is -0.137. The highest BCUT2D eigenvalue weighted by Crippen LogP contribution is 2.64. The van der Waals surface area contributed by atoms with E-state index in [1.54, 1.807) is 0 Å². The van der Waals surface area contributed by atoms with Gasteiger partial charge in [0.1, 0.15) is 0 Å². The highest BCUT2D eigenvalue weighted by molar-refractivity contribution is 7.91. The fraction of sp³-hybridized carbons (Fsp3) is 0.680. The lowest BCUT2D eigenvalue weighted by Crippen LogP contribution is -2.35. The van der Waals surface area contributed by atoms with E-state index in [1.807, 2.05) is 24.6 Å². The number of likely N-dealkylation sites (tertiary alicyclic amines) is 1. The number of hydrogen-bond donors (Lipinski definition) is 0. The molecule has 2 aromatic rings. The Kier molecular flexibility index (Phi) is 5.21. The van der Waals surface area contributed by atoms with Crippen molar-refractivity contribution in [2.24, 2.45) is 17.3 Å². The molecule has 4 heterocycles. The number of nitrogens with zero attached hydrogens (tertiary/aromatic N) is 4. The summed E-state index contributed by atoms with van der Waals surface area (Å²) >= 11 is 0. The zero-order chi connectivity index (χ0) is 24.8. The van der Waals surface area contributed by atoms with Crippen LogP contribution in [0, 0.1) is 17.3 Å². The highest BCUT2D eigenvalue weighted by Gasteiger charge is 2.60. The van der Waals surface area contributed by atoms with E-state index in [0.717, 1.165) is 56.7 Å². The third-order valence-electron chi connectivity index (χ3n) is 8.83. The molecule has 2 aliphatic carbocycles. The Morgan fingerprint density at radius 2 is 1.86 bits per heavy atom. The second kappa shape index (κ2) is 7.78. The Morgan fingerprint density at radius 3 is 2.49 bits per heavy atom. The first kappa shape index (κ1) is 23.5. The van der Waals surface area contributed by atoms with Crippen LogP contribution < -0.4 is 0 Å². The fourth-order valence-electron chi connectivity index (χ4n) is 7.08. The molecular formula is C25H31F3N4O2S. The average molecular weight is 509 g/mol. The van der Waals surface area contributed by atoms with Crippen molar-refractivity contribution in [2.45, 2.75) is 63.7 Å². The number of pyridine rings is 1. The topological polar surface area (TPSA) is 68.1 Å². The van der Waals surface area contributed by atoms with Gasteiger partial charge in [-0.1, -0.05) is 0 Å². The molecule has 4 fully saturated rings. The summed E-state index contributed by atoms with van der Waals surface area (Å²) in [6.07, 6.45) is 1.83. The molecule has 10 heteroatoms. The molecule has 0 amide bonds. The minimum atomic E-state index is -4.44. The van der Waals surface area contributed by atoms with Crippen LogP contribution in [0.1, 0.15) is 62.7 Å². The SMILES string of the molecule is CC(C)n1nc(-c2cncc(C(F)(F)F)c2)cc1C1[C@H]2CC(N3CC[C@]4(CCS(=O)(=O)C4)C3)C[C@@H]12. The average Bonchev–Trinajstić information content (AvgIpc) is 3.30. The van der Waals surface area contributed by atoms with E-state index in [-0.39, 0.29) is 11.5 Å². The minimum Gasteiger partial charge on any atom is -0.300 e. The molecular weight excluding hydrogens is 477 g/mol. The van der Waals surface area contributed by atoms with Crippen LogP contribution in [-0.4, -0.2) is 58.7 Å². The number of sulfone groups is 1. The summed E-state index contributed by atoms with van der Waals surface area (Å²) in [6, 6.07) is 3.70. The molecule has 2 unspecified atom stereocenters. The van der Waals surface area contributed by atoms with Crippen LogP contribution >= 0.6 is 0 Å². The van der Waals surface area contributed by atoms with Gasteiger partial charge < -0.3 is 0 Å². The quantitative estimate of drug-likeness (QED) is 0.606. The van der Waals surface area contributed by atoms with E-state index in [9.17, 15) is 21.6 Å². The van der Waals surface area contributed by atoms with Gasteiger partial charge in [0, 0.05) is 48.2 Å². The van der Waals surface area contributed by atoms with Gasteiger partial charge in [0.25, 0.3) is 0 Å². The molecule has 2 aromatic heterocycles. The van der Waals surface area contributed by atoms with E-state index in [2.05, 4.69) is 9.88 Å². The van der Waals surface area contributed by atoms with Gasteiger partial charge in [-0.05, 0) is 75.5 Å². The smallest absolute Gasteiger partial charge is 0.300 e. The summed E-state index contributed by atoms with van der Waals surface area (Å²) in [5.74, 6) is 2.19. The van der Waals surface area contributed by atoms with Crippen LogP contribution in [0.25, 0.3) is 11.3 Å². The van der Waals surface area contributed by atoms with Crippen molar-refractivity contribution >= 4 is 9.84 Å². The Bertz CT molecular complexity index is 1250. The van der Waals surface area contributed by atoms with Crippen LogP contribution in [0.3, 0.4) is 0 Å². The third kappa shape index (κ3) is 4.10. The van der Waals surface area contributed by atoms with Gasteiger partial charge in [0.2, 0.25) is 0 Å². The minimum absolute atomic E-state index is 0.0326. The standard InChI is InChI=1S/C25H31F3N4O2S/c1-15(2)32-22(10-21(30-32)16-7-17(12-29-11-16)25(26,27)28)23-19-8-18(9-20(19)23)31-5-3-24(13-31)4-6-35(33,34)14-24/h7,10-12,15,18-20,23H,3-6,8-9,13-14H2,1-2H3/t18?,19-,20+,23?,24-/m0/s1. The molecule has 0 bridgehead atoms. The zero-order valence-electron chi connectivity index (χ0n) is 20.0. The second-order valence-electron chi connectivity index (χ2n) is 11.5. The molecule has 190 valence electrons. The number of fused-ring (bicyclic) bond motifs is 1. The highest BCUT2D eigenvalue weighted by atomic mass is 32.2. The van der Waals surface area contributed by atoms with Crippen molar-refractivity contribution in [3.05, 3.63) is 35.8 Å². The van der Waals surface area contributed by atoms with Crippen molar-refractivity contribution in [1.29, 1.82) is 0 Å². The van der Waals surface area contributed by atoms with Crippen molar-refractivity contribution < 1.29 is 21.6 Å². The Hall–Kier alpha value is -1.94. The molecule has 1 spiro atoms. The lowest BCUT2D eigenvalue weighted by atomic mass is 9.87. The Labute approximate surface area is 203 Å². The first-order valence-electron chi connectivity index (χ1n) is 12.5.